The smallest absolute Gasteiger partial charge is 0.0645 e. The van der Waals surface area contributed by atoms with Gasteiger partial charge in [0.2, 0.25) is 0 Å². The molecule has 0 radical (unpaired) electrons. The standard InChI is InChI=1S/C66H45N/c1-3-15-46(16-4-1)55-42-56(47-17-5-2-6-18-47)44-57(43-55)49-31-37-59(38-32-49)67(60-39-33-51(34-40-60)66-45-54-20-8-10-25-63(54)64-26-11-12-27-65(64)66)58-35-29-48(30-36-58)52-22-13-23-53(41-52)62-28-14-21-50-19-7-9-24-61(50)62/h1-45H/i29D,30D,35D,36D. The molecule has 0 saturated heterocycles. The van der Waals surface area contributed by atoms with E-state index in [9.17, 15) is 5.48 Å². The first-order valence-electron chi connectivity index (χ1n) is 24.7. The molecule has 0 N–H and O–H groups in total. The molecule has 0 amide bonds. The van der Waals surface area contributed by atoms with Crippen LogP contribution in [0.2, 0.25) is 0 Å². The van der Waals surface area contributed by atoms with Crippen molar-refractivity contribution in [2.24, 2.45) is 0 Å². The third-order valence-electron chi connectivity index (χ3n) is 12.9. The van der Waals surface area contributed by atoms with Crippen LogP contribution < -0.4 is 4.90 Å². The van der Waals surface area contributed by atoms with Crippen LogP contribution in [0.15, 0.2) is 273 Å². The van der Waals surface area contributed by atoms with E-state index >= 15 is 0 Å². The van der Waals surface area contributed by atoms with Gasteiger partial charge in [0.05, 0.1) is 5.48 Å². The fourth-order valence-electron chi connectivity index (χ4n) is 9.56. The van der Waals surface area contributed by atoms with E-state index in [-0.39, 0.29) is 35.4 Å². The van der Waals surface area contributed by atoms with E-state index < -0.39 is 0 Å². The molecule has 0 aromatic heterocycles. The Kier molecular flexibility index (Phi) is 9.19. The molecule has 0 aliphatic heterocycles. The van der Waals surface area contributed by atoms with Gasteiger partial charge in [0.1, 0.15) is 0 Å². The summed E-state index contributed by atoms with van der Waals surface area (Å²) in [4.78, 5) is 1.87. The molecule has 67 heavy (non-hydrogen) atoms. The summed E-state index contributed by atoms with van der Waals surface area (Å²) in [7, 11) is 0. The van der Waals surface area contributed by atoms with Gasteiger partial charge in [-0.05, 0) is 166 Å². The van der Waals surface area contributed by atoms with Crippen molar-refractivity contribution < 1.29 is 5.48 Å². The number of fused-ring (bicyclic) bond motifs is 4. The largest absolute Gasteiger partial charge is 0.311 e. The summed E-state index contributed by atoms with van der Waals surface area (Å²) in [5.74, 6) is 0. The highest BCUT2D eigenvalue weighted by atomic mass is 15.1. The Hall–Kier alpha value is -8.78. The molecular formula is C66H45N. The van der Waals surface area contributed by atoms with Crippen LogP contribution in [-0.4, -0.2) is 0 Å². The van der Waals surface area contributed by atoms with Gasteiger partial charge in [-0.2, -0.15) is 0 Å². The molecule has 314 valence electrons. The Morgan fingerprint density at radius 1 is 0.224 bits per heavy atom. The molecule has 0 saturated carbocycles. The number of benzene rings is 12. The van der Waals surface area contributed by atoms with E-state index in [2.05, 4.69) is 170 Å². The number of hydrogen-bond acceptors (Lipinski definition) is 1. The minimum Gasteiger partial charge on any atom is -0.311 e. The lowest BCUT2D eigenvalue weighted by Crippen LogP contribution is -2.09. The molecule has 0 aliphatic rings. The zero-order valence-corrected chi connectivity index (χ0v) is 36.6. The Bertz CT molecular complexity index is 3870. The van der Waals surface area contributed by atoms with Crippen LogP contribution in [-0.2, 0) is 0 Å². The van der Waals surface area contributed by atoms with Crippen molar-refractivity contribution in [1.82, 2.24) is 0 Å². The Labute approximate surface area is 397 Å². The zero-order chi connectivity index (χ0) is 48.0. The van der Waals surface area contributed by atoms with Crippen molar-refractivity contribution in [3.8, 4) is 66.8 Å². The highest BCUT2D eigenvalue weighted by Crippen LogP contribution is 2.41. The molecule has 0 unspecified atom stereocenters. The number of nitrogens with zero attached hydrogens (tertiary/aromatic N) is 1. The van der Waals surface area contributed by atoms with Crippen molar-refractivity contribution in [1.29, 1.82) is 0 Å². The summed E-state index contributed by atoms with van der Waals surface area (Å²) in [6.45, 7) is 0. The molecule has 1 nitrogen and oxygen atoms in total. The second-order valence-corrected chi connectivity index (χ2v) is 17.0. The first-order valence-corrected chi connectivity index (χ1v) is 22.7. The molecule has 0 atom stereocenters. The fourth-order valence-corrected chi connectivity index (χ4v) is 9.56. The summed E-state index contributed by atoms with van der Waals surface area (Å²) >= 11 is 0. The van der Waals surface area contributed by atoms with E-state index in [4.69, 9.17) is 0 Å². The zero-order valence-electron chi connectivity index (χ0n) is 40.6. The minimum atomic E-state index is -0.131. The summed E-state index contributed by atoms with van der Waals surface area (Å²) < 4.78 is 38.8. The number of hydrogen-bond donors (Lipinski definition) is 0. The molecule has 12 rings (SSSR count). The monoisotopic (exact) mass is 855 g/mol. The maximum absolute atomic E-state index is 9.78. The van der Waals surface area contributed by atoms with E-state index in [1.807, 2.05) is 83.8 Å². The molecule has 12 aromatic rings. The normalized spacial score (nSPS) is 12.1. The molecule has 1 heteroatoms. The maximum atomic E-state index is 9.78. The van der Waals surface area contributed by atoms with Crippen LogP contribution >= 0.6 is 0 Å². The predicted octanol–water partition coefficient (Wildman–Crippen LogP) is 18.6. The van der Waals surface area contributed by atoms with Gasteiger partial charge in [-0.25, -0.2) is 0 Å². The Balaban J connectivity index is 0.998. The van der Waals surface area contributed by atoms with Gasteiger partial charge in [-0.3, -0.25) is 0 Å². The van der Waals surface area contributed by atoms with Gasteiger partial charge < -0.3 is 4.90 Å². The molecule has 0 fully saturated rings. The van der Waals surface area contributed by atoms with Gasteiger partial charge >= 0.3 is 0 Å². The van der Waals surface area contributed by atoms with E-state index in [1.54, 1.807) is 0 Å². The van der Waals surface area contributed by atoms with Crippen molar-refractivity contribution >= 4 is 49.4 Å². The highest BCUT2D eigenvalue weighted by molar-refractivity contribution is 6.13. The van der Waals surface area contributed by atoms with Gasteiger partial charge in [-0.15, -0.1) is 0 Å². The van der Waals surface area contributed by atoms with E-state index in [0.29, 0.717) is 16.9 Å². The van der Waals surface area contributed by atoms with Crippen LogP contribution in [0.5, 0.6) is 0 Å². The summed E-state index contributed by atoms with van der Waals surface area (Å²) in [6.07, 6.45) is 0. The van der Waals surface area contributed by atoms with Crippen molar-refractivity contribution in [3.63, 3.8) is 0 Å². The highest BCUT2D eigenvalue weighted by Gasteiger charge is 2.16. The Morgan fingerprint density at radius 2 is 0.672 bits per heavy atom. The van der Waals surface area contributed by atoms with Gasteiger partial charge in [-0.1, -0.05) is 206 Å². The van der Waals surface area contributed by atoms with Gasteiger partial charge in [0.15, 0.2) is 0 Å². The summed E-state index contributed by atoms with van der Waals surface area (Å²) in [5, 5.41) is 6.91. The lowest BCUT2D eigenvalue weighted by atomic mass is 9.93. The minimum absolute atomic E-state index is 0.108. The fraction of sp³-hybridized carbons (Fsp3) is 0. The van der Waals surface area contributed by atoms with Crippen LogP contribution in [0, 0.1) is 0 Å². The van der Waals surface area contributed by atoms with Crippen LogP contribution in [0.3, 0.4) is 0 Å². The first kappa shape index (κ1) is 35.6. The maximum Gasteiger partial charge on any atom is 0.0645 e. The van der Waals surface area contributed by atoms with Crippen LogP contribution in [0.4, 0.5) is 17.1 Å². The molecule has 0 aliphatic carbocycles. The van der Waals surface area contributed by atoms with Gasteiger partial charge in [0, 0.05) is 17.1 Å². The average molecular weight is 856 g/mol. The first-order chi connectivity index (χ1) is 34.9. The quantitative estimate of drug-likeness (QED) is 0.131. The average Bonchev–Trinajstić information content (AvgIpc) is 3.44. The third-order valence-corrected chi connectivity index (χ3v) is 12.9. The van der Waals surface area contributed by atoms with Gasteiger partial charge in [0.25, 0.3) is 0 Å². The molecule has 0 bridgehead atoms. The predicted molar refractivity (Wildman–Crippen MR) is 286 cm³/mol. The topological polar surface area (TPSA) is 3.24 Å². The van der Waals surface area contributed by atoms with Crippen molar-refractivity contribution in [2.75, 3.05) is 4.90 Å². The second kappa shape index (κ2) is 17.3. The number of rotatable bonds is 9. The second-order valence-electron chi connectivity index (χ2n) is 17.0. The van der Waals surface area contributed by atoms with E-state index in [0.717, 1.165) is 77.2 Å². The number of anilines is 3. The van der Waals surface area contributed by atoms with Crippen molar-refractivity contribution in [2.45, 2.75) is 0 Å². The third kappa shape index (κ3) is 7.73. The van der Waals surface area contributed by atoms with Crippen LogP contribution in [0.25, 0.3) is 99.1 Å². The molecule has 0 heterocycles. The summed E-state index contributed by atoms with van der Waals surface area (Å²) in [5.41, 5.74) is 13.1. The van der Waals surface area contributed by atoms with Crippen LogP contribution in [0.1, 0.15) is 5.48 Å². The molecule has 12 aromatic carbocycles. The molecule has 0 spiro atoms. The SMILES string of the molecule is [2H]c1c([2H])c(N(c2ccc(-c3cc(-c4ccccc4)cc(-c4ccccc4)c3)cc2)c2ccc(-c3cc4ccccc4c4ccccc34)cc2)c([2H])c([2H])c1-c1cccc(-c2cccc3ccccc23)c1. The van der Waals surface area contributed by atoms with E-state index in [1.165, 1.54) is 10.8 Å². The summed E-state index contributed by atoms with van der Waals surface area (Å²) in [6, 6.07) is 85.0. The lowest BCUT2D eigenvalue weighted by molar-refractivity contribution is 1.28. The Morgan fingerprint density at radius 3 is 1.31 bits per heavy atom. The van der Waals surface area contributed by atoms with Crippen molar-refractivity contribution in [3.05, 3.63) is 273 Å². The lowest BCUT2D eigenvalue weighted by Gasteiger charge is -2.26. The molecular weight excluding hydrogens is 807 g/mol.